The number of hydrogen-bond acceptors (Lipinski definition) is 6. The van der Waals surface area contributed by atoms with Gasteiger partial charge in [-0.1, -0.05) is 32.5 Å². The molecule has 1 N–H and O–H groups in total. The van der Waals surface area contributed by atoms with E-state index in [1.165, 1.54) is 37.6 Å². The van der Waals surface area contributed by atoms with Gasteiger partial charge < -0.3 is 10.2 Å². The Morgan fingerprint density at radius 3 is 2.68 bits per heavy atom. The Morgan fingerprint density at radius 1 is 1.32 bits per heavy atom. The Bertz CT molecular complexity index is 324. The zero-order chi connectivity index (χ0) is 13.9. The Kier molecular flexibility index (Phi) is 9.42. The highest BCUT2D eigenvalue weighted by Crippen LogP contribution is 2.20. The van der Waals surface area contributed by atoms with Crippen LogP contribution in [0.25, 0.3) is 0 Å². The van der Waals surface area contributed by atoms with Crippen LogP contribution < -0.4 is 5.32 Å². The van der Waals surface area contributed by atoms with E-state index < -0.39 is 0 Å². The van der Waals surface area contributed by atoms with E-state index >= 15 is 0 Å². The van der Waals surface area contributed by atoms with Crippen LogP contribution in [0.5, 0.6) is 0 Å². The number of nitrogens with zero attached hydrogens (tertiary/aromatic N) is 3. The highest BCUT2D eigenvalue weighted by Gasteiger charge is 2.09. The first-order valence-electron chi connectivity index (χ1n) is 7.27. The maximum absolute atomic E-state index is 4.46. The molecule has 0 unspecified atom stereocenters. The van der Waals surface area contributed by atoms with E-state index in [-0.39, 0.29) is 0 Å². The zero-order valence-corrected chi connectivity index (χ0v) is 13.9. The van der Waals surface area contributed by atoms with Crippen LogP contribution in [0.15, 0.2) is 4.34 Å². The average molecular weight is 303 g/mol. The minimum Gasteiger partial charge on any atom is -0.314 e. The lowest BCUT2D eigenvalue weighted by atomic mass is 10.3. The molecule has 0 amide bonds. The quantitative estimate of drug-likeness (QED) is 0.646. The Hall–Kier alpha value is -0.170. The fourth-order valence-corrected chi connectivity index (χ4v) is 3.51. The first-order chi connectivity index (χ1) is 9.38. The van der Waals surface area contributed by atoms with E-state index in [4.69, 9.17) is 0 Å². The summed E-state index contributed by atoms with van der Waals surface area (Å²) in [5.74, 6) is 2.14. The molecule has 0 atom stereocenters. The number of aromatic nitrogens is 2. The molecule has 110 valence electrons. The summed E-state index contributed by atoms with van der Waals surface area (Å²) in [6.07, 6.45) is 2.18. The summed E-state index contributed by atoms with van der Waals surface area (Å²) < 4.78 is 5.42. The summed E-state index contributed by atoms with van der Waals surface area (Å²) in [7, 11) is 0. The van der Waals surface area contributed by atoms with E-state index in [9.17, 15) is 0 Å². The Labute approximate surface area is 125 Å². The molecular weight excluding hydrogens is 276 g/mol. The number of nitrogens with one attached hydrogen (secondary N) is 1. The van der Waals surface area contributed by atoms with Crippen LogP contribution in [-0.4, -0.2) is 52.7 Å². The normalized spacial score (nSPS) is 15.9. The Balaban J connectivity index is 0.000000861. The molecule has 0 radical (unpaired) electrons. The third kappa shape index (κ3) is 6.70. The van der Waals surface area contributed by atoms with Gasteiger partial charge in [-0.15, -0.1) is 0 Å². The van der Waals surface area contributed by atoms with E-state index in [0.29, 0.717) is 0 Å². The molecular formula is C13H26N4S2. The molecule has 2 rings (SSSR count). The molecule has 1 aromatic heterocycles. The maximum atomic E-state index is 4.46. The summed E-state index contributed by atoms with van der Waals surface area (Å²) in [5, 5.41) is 3.38. The van der Waals surface area contributed by atoms with Crippen LogP contribution in [-0.2, 0) is 6.42 Å². The molecule has 4 nitrogen and oxygen atoms in total. The van der Waals surface area contributed by atoms with Gasteiger partial charge in [0.15, 0.2) is 4.34 Å². The van der Waals surface area contributed by atoms with E-state index in [1.807, 2.05) is 25.6 Å². The largest absolute Gasteiger partial charge is 0.314 e. The molecule has 1 saturated heterocycles. The maximum Gasteiger partial charge on any atom is 0.170 e. The molecule has 0 saturated carbocycles. The highest BCUT2D eigenvalue weighted by molar-refractivity contribution is 8.00. The van der Waals surface area contributed by atoms with Crippen LogP contribution in [0.2, 0.25) is 0 Å². The van der Waals surface area contributed by atoms with Crippen LogP contribution in [0.1, 0.15) is 33.0 Å². The molecule has 19 heavy (non-hydrogen) atoms. The first kappa shape index (κ1) is 16.9. The molecule has 6 heteroatoms. The van der Waals surface area contributed by atoms with Gasteiger partial charge >= 0.3 is 0 Å². The van der Waals surface area contributed by atoms with Gasteiger partial charge in [0.05, 0.1) is 0 Å². The monoisotopic (exact) mass is 302 g/mol. The predicted octanol–water partition coefficient (Wildman–Crippen LogP) is 2.51. The SMILES string of the molecule is CC.CCc1nsc(SCCCN2CCNCC2)n1. The summed E-state index contributed by atoms with van der Waals surface area (Å²) in [6.45, 7) is 12.0. The molecule has 1 fully saturated rings. The number of rotatable bonds is 6. The first-order valence-corrected chi connectivity index (χ1v) is 9.03. The van der Waals surface area contributed by atoms with Crippen molar-refractivity contribution >= 4 is 23.3 Å². The van der Waals surface area contributed by atoms with Crippen LogP contribution in [0.3, 0.4) is 0 Å². The summed E-state index contributed by atoms with van der Waals surface area (Å²) in [5.41, 5.74) is 0. The van der Waals surface area contributed by atoms with Gasteiger partial charge in [0, 0.05) is 38.4 Å². The third-order valence-corrected chi connectivity index (χ3v) is 4.78. The average Bonchev–Trinajstić information content (AvgIpc) is 2.95. The van der Waals surface area contributed by atoms with Gasteiger partial charge in [-0.25, -0.2) is 4.98 Å². The fourth-order valence-electron chi connectivity index (χ4n) is 1.82. The molecule has 2 heterocycles. The van der Waals surface area contributed by atoms with Crippen molar-refractivity contribution < 1.29 is 0 Å². The highest BCUT2D eigenvalue weighted by atomic mass is 32.2. The lowest BCUT2D eigenvalue weighted by Crippen LogP contribution is -2.43. The second-order valence-corrected chi connectivity index (χ2v) is 6.22. The van der Waals surface area contributed by atoms with Crippen LogP contribution in [0.4, 0.5) is 0 Å². The van der Waals surface area contributed by atoms with Crippen molar-refractivity contribution in [2.24, 2.45) is 0 Å². The number of thioether (sulfide) groups is 1. The molecule has 0 aliphatic carbocycles. The number of aryl methyl sites for hydroxylation is 1. The molecule has 0 bridgehead atoms. The van der Waals surface area contributed by atoms with Crippen molar-refractivity contribution in [3.8, 4) is 0 Å². The zero-order valence-electron chi connectivity index (χ0n) is 12.3. The lowest BCUT2D eigenvalue weighted by Gasteiger charge is -2.26. The third-order valence-electron chi connectivity index (χ3n) is 2.82. The van der Waals surface area contributed by atoms with E-state index in [0.717, 1.165) is 35.4 Å². The van der Waals surface area contributed by atoms with Crippen LogP contribution >= 0.6 is 23.3 Å². The molecule has 0 spiro atoms. The minimum atomic E-state index is 0.942. The van der Waals surface area contributed by atoms with E-state index in [2.05, 4.69) is 26.5 Å². The van der Waals surface area contributed by atoms with Gasteiger partial charge in [-0.3, -0.25) is 0 Å². The second-order valence-electron chi connectivity index (χ2n) is 4.12. The van der Waals surface area contributed by atoms with Gasteiger partial charge in [0.2, 0.25) is 0 Å². The predicted molar refractivity (Wildman–Crippen MR) is 85.3 cm³/mol. The van der Waals surface area contributed by atoms with Crippen molar-refractivity contribution in [1.82, 2.24) is 19.6 Å². The van der Waals surface area contributed by atoms with Crippen molar-refractivity contribution in [3.63, 3.8) is 0 Å². The second kappa shape index (κ2) is 10.6. The fraction of sp³-hybridized carbons (Fsp3) is 0.846. The van der Waals surface area contributed by atoms with Crippen molar-refractivity contribution in [3.05, 3.63) is 5.82 Å². The van der Waals surface area contributed by atoms with Gasteiger partial charge in [0.25, 0.3) is 0 Å². The van der Waals surface area contributed by atoms with Gasteiger partial charge in [-0.2, -0.15) is 4.37 Å². The van der Waals surface area contributed by atoms with Gasteiger partial charge in [-0.05, 0) is 24.5 Å². The van der Waals surface area contributed by atoms with E-state index in [1.54, 1.807) is 0 Å². The number of hydrogen-bond donors (Lipinski definition) is 1. The molecule has 0 aromatic carbocycles. The molecule has 1 aromatic rings. The van der Waals surface area contributed by atoms with Gasteiger partial charge in [0.1, 0.15) is 5.82 Å². The molecule has 1 aliphatic rings. The van der Waals surface area contributed by atoms with Crippen LogP contribution in [0, 0.1) is 0 Å². The van der Waals surface area contributed by atoms with Crippen molar-refractivity contribution in [2.75, 3.05) is 38.5 Å². The summed E-state index contributed by atoms with van der Waals surface area (Å²) in [6, 6.07) is 0. The smallest absolute Gasteiger partial charge is 0.170 e. The summed E-state index contributed by atoms with van der Waals surface area (Å²) in [4.78, 5) is 7.00. The van der Waals surface area contributed by atoms with Crippen molar-refractivity contribution in [1.29, 1.82) is 0 Å². The molecule has 1 aliphatic heterocycles. The standard InChI is InChI=1S/C11H20N4S2.C2H6/c1-2-10-13-11(17-14-10)16-9-3-6-15-7-4-12-5-8-15;1-2/h12H,2-9H2,1H3;1-2H3. The lowest BCUT2D eigenvalue weighted by molar-refractivity contribution is 0.242. The minimum absolute atomic E-state index is 0.942. The Morgan fingerprint density at radius 2 is 2.05 bits per heavy atom. The number of piperazine rings is 1. The summed E-state index contributed by atoms with van der Waals surface area (Å²) >= 11 is 3.39. The topological polar surface area (TPSA) is 41.1 Å². The van der Waals surface area contributed by atoms with Crippen molar-refractivity contribution in [2.45, 2.75) is 38.0 Å².